The Morgan fingerprint density at radius 2 is 2.24 bits per heavy atom. The van der Waals surface area contributed by atoms with E-state index >= 15 is 0 Å². The van der Waals surface area contributed by atoms with E-state index in [2.05, 4.69) is 24.4 Å². The van der Waals surface area contributed by atoms with Crippen LogP contribution in [0.2, 0.25) is 5.02 Å². The molecule has 0 amide bonds. The minimum absolute atomic E-state index is 0.615. The van der Waals surface area contributed by atoms with E-state index in [9.17, 15) is 0 Å². The van der Waals surface area contributed by atoms with Crippen molar-refractivity contribution in [1.82, 2.24) is 5.32 Å². The van der Waals surface area contributed by atoms with E-state index in [1.807, 2.05) is 12.1 Å². The molecule has 1 nitrogen and oxygen atoms in total. The van der Waals surface area contributed by atoms with Crippen LogP contribution in [0.15, 0.2) is 24.3 Å². The quantitative estimate of drug-likeness (QED) is 0.804. The number of likely N-dealkylation sites (N-methyl/N-ethyl adjacent to an activating group) is 1. The van der Waals surface area contributed by atoms with Gasteiger partial charge < -0.3 is 5.32 Å². The molecule has 1 atom stereocenters. The van der Waals surface area contributed by atoms with Gasteiger partial charge >= 0.3 is 0 Å². The average Bonchev–Trinajstić information content (AvgIpc) is 2.23. The zero-order chi connectivity index (χ0) is 12.1. The Morgan fingerprint density at radius 3 is 2.82 bits per heavy atom. The van der Waals surface area contributed by atoms with Crippen LogP contribution in [0.1, 0.15) is 38.2 Å². The van der Waals surface area contributed by atoms with E-state index in [0.29, 0.717) is 6.04 Å². The average molecular weight is 252 g/mol. The molecule has 94 valence electrons. The molecule has 0 aromatic heterocycles. The van der Waals surface area contributed by atoms with Crippen molar-refractivity contribution in [1.29, 1.82) is 0 Å². The summed E-state index contributed by atoms with van der Waals surface area (Å²) in [5.41, 5.74) is 1.35. The lowest BCUT2D eigenvalue weighted by atomic mass is 9.80. The van der Waals surface area contributed by atoms with Gasteiger partial charge in [-0.25, -0.2) is 0 Å². The van der Waals surface area contributed by atoms with Gasteiger partial charge in [-0.1, -0.05) is 49.9 Å². The van der Waals surface area contributed by atoms with Gasteiger partial charge in [-0.3, -0.25) is 0 Å². The van der Waals surface area contributed by atoms with Crippen LogP contribution in [-0.4, -0.2) is 12.6 Å². The third-order valence-electron chi connectivity index (χ3n) is 3.71. The topological polar surface area (TPSA) is 12.0 Å². The van der Waals surface area contributed by atoms with E-state index in [4.69, 9.17) is 11.6 Å². The fourth-order valence-corrected chi connectivity index (χ4v) is 2.82. The number of hydrogen-bond donors (Lipinski definition) is 1. The number of rotatable bonds is 6. The van der Waals surface area contributed by atoms with Crippen molar-refractivity contribution in [2.24, 2.45) is 5.92 Å². The molecular formula is C15H22ClN. The summed E-state index contributed by atoms with van der Waals surface area (Å²) in [7, 11) is 0. The smallest absolute Gasteiger partial charge is 0.0408 e. The molecule has 0 spiro atoms. The van der Waals surface area contributed by atoms with Crippen LogP contribution in [0.4, 0.5) is 0 Å². The van der Waals surface area contributed by atoms with Crippen LogP contribution in [0.3, 0.4) is 0 Å². The fraction of sp³-hybridized carbons (Fsp3) is 0.600. The Kier molecular flexibility index (Phi) is 4.87. The largest absolute Gasteiger partial charge is 0.314 e. The number of hydrogen-bond acceptors (Lipinski definition) is 1. The molecule has 1 aromatic rings. The predicted molar refractivity (Wildman–Crippen MR) is 74.6 cm³/mol. The van der Waals surface area contributed by atoms with Crippen molar-refractivity contribution in [2.75, 3.05) is 6.54 Å². The highest BCUT2D eigenvalue weighted by Gasteiger charge is 2.21. The van der Waals surface area contributed by atoms with Crippen LogP contribution in [0.25, 0.3) is 0 Å². The molecule has 1 aromatic carbocycles. The Bertz CT molecular complexity index is 347. The second-order valence-electron chi connectivity index (χ2n) is 5.12. The lowest BCUT2D eigenvalue weighted by Crippen LogP contribution is -2.34. The van der Waals surface area contributed by atoms with E-state index in [0.717, 1.165) is 23.9 Å². The summed E-state index contributed by atoms with van der Waals surface area (Å²) in [6.07, 6.45) is 6.71. The zero-order valence-electron chi connectivity index (χ0n) is 10.6. The SMILES string of the molecule is CCNC(Cc1cccc(Cl)c1)CC1CCC1. The summed E-state index contributed by atoms with van der Waals surface area (Å²) in [6.45, 7) is 3.24. The van der Waals surface area contributed by atoms with Gasteiger partial charge in [0.05, 0.1) is 0 Å². The van der Waals surface area contributed by atoms with Gasteiger partial charge in [0.2, 0.25) is 0 Å². The molecule has 1 aliphatic rings. The fourth-order valence-electron chi connectivity index (χ4n) is 2.61. The maximum Gasteiger partial charge on any atom is 0.0408 e. The van der Waals surface area contributed by atoms with Crippen molar-refractivity contribution < 1.29 is 0 Å². The van der Waals surface area contributed by atoms with E-state index in [1.54, 1.807) is 0 Å². The summed E-state index contributed by atoms with van der Waals surface area (Å²) in [5, 5.41) is 4.46. The molecule has 1 saturated carbocycles. The number of benzene rings is 1. The molecule has 1 unspecified atom stereocenters. The predicted octanol–water partition coefficient (Wildman–Crippen LogP) is 4.05. The second kappa shape index (κ2) is 6.42. The summed E-state index contributed by atoms with van der Waals surface area (Å²) in [6, 6.07) is 8.87. The van der Waals surface area contributed by atoms with Crippen molar-refractivity contribution in [3.63, 3.8) is 0 Å². The van der Waals surface area contributed by atoms with E-state index in [-0.39, 0.29) is 0 Å². The summed E-state index contributed by atoms with van der Waals surface area (Å²) in [5.74, 6) is 0.957. The Balaban J connectivity index is 1.91. The first kappa shape index (κ1) is 12.9. The minimum Gasteiger partial charge on any atom is -0.314 e. The maximum atomic E-state index is 6.03. The molecule has 0 bridgehead atoms. The van der Waals surface area contributed by atoms with Crippen molar-refractivity contribution in [3.8, 4) is 0 Å². The highest BCUT2D eigenvalue weighted by molar-refractivity contribution is 6.30. The molecule has 1 aliphatic carbocycles. The third kappa shape index (κ3) is 4.01. The molecule has 1 N–H and O–H groups in total. The Morgan fingerprint density at radius 1 is 1.41 bits per heavy atom. The van der Waals surface area contributed by atoms with Gasteiger partial charge in [-0.05, 0) is 43.0 Å². The van der Waals surface area contributed by atoms with E-state index in [1.165, 1.54) is 31.2 Å². The molecule has 0 aliphatic heterocycles. The van der Waals surface area contributed by atoms with Gasteiger partial charge in [0.1, 0.15) is 0 Å². The van der Waals surface area contributed by atoms with Gasteiger partial charge in [-0.2, -0.15) is 0 Å². The first-order valence-electron chi connectivity index (χ1n) is 6.75. The van der Waals surface area contributed by atoms with Crippen LogP contribution < -0.4 is 5.32 Å². The molecule has 1 fully saturated rings. The first-order valence-corrected chi connectivity index (χ1v) is 7.13. The highest BCUT2D eigenvalue weighted by atomic mass is 35.5. The van der Waals surface area contributed by atoms with Crippen molar-refractivity contribution >= 4 is 11.6 Å². The standard InChI is InChI=1S/C15H22ClN/c1-2-17-15(10-12-5-3-6-12)11-13-7-4-8-14(16)9-13/h4,7-9,12,15,17H,2-3,5-6,10-11H2,1H3. The Hall–Kier alpha value is -0.530. The van der Waals surface area contributed by atoms with Gasteiger partial charge in [0.25, 0.3) is 0 Å². The summed E-state index contributed by atoms with van der Waals surface area (Å²) >= 11 is 6.03. The first-order chi connectivity index (χ1) is 8.28. The lowest BCUT2D eigenvalue weighted by Gasteiger charge is -2.30. The van der Waals surface area contributed by atoms with E-state index < -0.39 is 0 Å². The number of nitrogens with one attached hydrogen (secondary N) is 1. The Labute approximate surface area is 110 Å². The molecule has 2 heteroatoms. The van der Waals surface area contributed by atoms with Crippen LogP contribution in [0, 0.1) is 5.92 Å². The van der Waals surface area contributed by atoms with Crippen molar-refractivity contribution in [3.05, 3.63) is 34.9 Å². The normalized spacial score (nSPS) is 17.8. The van der Waals surface area contributed by atoms with Gasteiger partial charge in [0, 0.05) is 11.1 Å². The van der Waals surface area contributed by atoms with Crippen LogP contribution >= 0.6 is 11.6 Å². The second-order valence-corrected chi connectivity index (χ2v) is 5.56. The minimum atomic E-state index is 0.615. The number of halogens is 1. The molecule has 0 saturated heterocycles. The van der Waals surface area contributed by atoms with Crippen LogP contribution in [-0.2, 0) is 6.42 Å². The van der Waals surface area contributed by atoms with Crippen LogP contribution in [0.5, 0.6) is 0 Å². The molecule has 17 heavy (non-hydrogen) atoms. The van der Waals surface area contributed by atoms with Gasteiger partial charge in [0.15, 0.2) is 0 Å². The molecule has 0 radical (unpaired) electrons. The molecular weight excluding hydrogens is 230 g/mol. The molecule has 0 heterocycles. The summed E-state index contributed by atoms with van der Waals surface area (Å²) in [4.78, 5) is 0. The van der Waals surface area contributed by atoms with Gasteiger partial charge in [-0.15, -0.1) is 0 Å². The highest BCUT2D eigenvalue weighted by Crippen LogP contribution is 2.31. The zero-order valence-corrected chi connectivity index (χ0v) is 11.3. The van der Waals surface area contributed by atoms with Crippen molar-refractivity contribution in [2.45, 2.75) is 45.1 Å². The molecule has 2 rings (SSSR count). The summed E-state index contributed by atoms with van der Waals surface area (Å²) < 4.78 is 0. The lowest BCUT2D eigenvalue weighted by molar-refractivity contribution is 0.260. The maximum absolute atomic E-state index is 6.03. The third-order valence-corrected chi connectivity index (χ3v) is 3.94. The monoisotopic (exact) mass is 251 g/mol.